The third-order valence-corrected chi connectivity index (χ3v) is 6.09. The first-order valence-electron chi connectivity index (χ1n) is 11.3. The summed E-state index contributed by atoms with van der Waals surface area (Å²) in [6, 6.07) is 3.67. The minimum Gasteiger partial charge on any atom is -0.367 e. The SMILES string of the molecule is CCCN1C(=O)C2NC(c3ccc(NC4CCCCC4)nc3)=NC2N(CCC)C1=O. The van der Waals surface area contributed by atoms with Gasteiger partial charge in [-0.05, 0) is 37.8 Å². The van der Waals surface area contributed by atoms with Crippen LogP contribution in [0, 0.1) is 0 Å². The van der Waals surface area contributed by atoms with Gasteiger partial charge >= 0.3 is 6.03 Å². The van der Waals surface area contributed by atoms with Crippen LogP contribution in [0.25, 0.3) is 0 Å². The third-order valence-electron chi connectivity index (χ3n) is 6.09. The Hall–Kier alpha value is -2.64. The number of amides is 3. The van der Waals surface area contributed by atoms with E-state index in [2.05, 4.69) is 15.6 Å². The van der Waals surface area contributed by atoms with Crippen molar-refractivity contribution in [2.24, 2.45) is 4.99 Å². The van der Waals surface area contributed by atoms with Gasteiger partial charge in [0.05, 0.1) is 0 Å². The zero-order valence-electron chi connectivity index (χ0n) is 17.9. The van der Waals surface area contributed by atoms with E-state index in [1.54, 1.807) is 11.1 Å². The zero-order valence-corrected chi connectivity index (χ0v) is 17.9. The van der Waals surface area contributed by atoms with E-state index in [0.717, 1.165) is 24.2 Å². The Morgan fingerprint density at radius 1 is 1.10 bits per heavy atom. The standard InChI is InChI=1S/C22H32N6O2/c1-3-12-27-20-18(21(29)28(13-4-2)22(27)30)25-19(26-20)15-10-11-17(23-14-15)24-16-8-6-5-7-9-16/h10-11,14,16,18,20H,3-9,12-13H2,1-2H3,(H,23,24)(H,25,26). The molecular weight excluding hydrogens is 380 g/mol. The lowest BCUT2D eigenvalue weighted by molar-refractivity contribution is -0.134. The lowest BCUT2D eigenvalue weighted by atomic mass is 9.95. The molecule has 8 nitrogen and oxygen atoms in total. The van der Waals surface area contributed by atoms with Gasteiger partial charge in [-0.1, -0.05) is 33.1 Å². The van der Waals surface area contributed by atoms with Crippen LogP contribution in [0.2, 0.25) is 0 Å². The Morgan fingerprint density at radius 2 is 1.87 bits per heavy atom. The van der Waals surface area contributed by atoms with E-state index in [1.165, 1.54) is 37.0 Å². The maximum Gasteiger partial charge on any atom is 0.328 e. The predicted molar refractivity (Wildman–Crippen MR) is 116 cm³/mol. The number of amidine groups is 1. The number of nitrogens with one attached hydrogen (secondary N) is 2. The van der Waals surface area contributed by atoms with Gasteiger partial charge in [0.2, 0.25) is 0 Å². The molecule has 1 saturated heterocycles. The molecule has 3 heterocycles. The molecule has 1 aromatic rings. The minimum atomic E-state index is -0.532. The molecule has 162 valence electrons. The number of fused-ring (bicyclic) bond motifs is 1. The van der Waals surface area contributed by atoms with Crippen LogP contribution < -0.4 is 10.6 Å². The molecule has 0 aromatic carbocycles. The number of carbonyl (C=O) groups is 2. The number of pyridine rings is 1. The maximum atomic E-state index is 12.9. The summed E-state index contributed by atoms with van der Waals surface area (Å²) in [5, 5.41) is 6.78. The van der Waals surface area contributed by atoms with Gasteiger partial charge in [-0.25, -0.2) is 14.8 Å². The van der Waals surface area contributed by atoms with E-state index in [4.69, 9.17) is 4.99 Å². The Labute approximate surface area is 178 Å². The van der Waals surface area contributed by atoms with Crippen LogP contribution in [-0.4, -0.2) is 63.9 Å². The highest BCUT2D eigenvalue weighted by Crippen LogP contribution is 2.25. The number of aromatic nitrogens is 1. The van der Waals surface area contributed by atoms with Gasteiger partial charge in [0.15, 0.2) is 6.17 Å². The number of carbonyl (C=O) groups excluding carboxylic acids is 2. The first kappa shape index (κ1) is 20.6. The van der Waals surface area contributed by atoms with Crippen LogP contribution >= 0.6 is 0 Å². The number of anilines is 1. The van der Waals surface area contributed by atoms with Gasteiger partial charge < -0.3 is 10.6 Å². The first-order valence-corrected chi connectivity index (χ1v) is 11.3. The monoisotopic (exact) mass is 412 g/mol. The highest BCUT2D eigenvalue weighted by atomic mass is 16.2. The number of hydrogen-bond donors (Lipinski definition) is 2. The molecule has 2 atom stereocenters. The summed E-state index contributed by atoms with van der Waals surface area (Å²) >= 11 is 0. The second-order valence-electron chi connectivity index (χ2n) is 8.39. The van der Waals surface area contributed by atoms with E-state index < -0.39 is 12.2 Å². The number of aliphatic imine (C=N–C) groups is 1. The molecular formula is C22H32N6O2. The Morgan fingerprint density at radius 3 is 2.53 bits per heavy atom. The van der Waals surface area contributed by atoms with Gasteiger partial charge in [-0.3, -0.25) is 14.6 Å². The second-order valence-corrected chi connectivity index (χ2v) is 8.39. The molecule has 30 heavy (non-hydrogen) atoms. The predicted octanol–water partition coefficient (Wildman–Crippen LogP) is 2.95. The van der Waals surface area contributed by atoms with Crippen molar-refractivity contribution in [1.82, 2.24) is 20.1 Å². The average Bonchev–Trinajstić information content (AvgIpc) is 3.21. The number of hydrogen-bond acceptors (Lipinski definition) is 6. The summed E-state index contributed by atoms with van der Waals surface area (Å²) in [5.74, 6) is 1.30. The van der Waals surface area contributed by atoms with Crippen LogP contribution in [0.15, 0.2) is 23.3 Å². The molecule has 1 aromatic heterocycles. The Kier molecular flexibility index (Phi) is 6.20. The molecule has 3 aliphatic rings. The third kappa shape index (κ3) is 4.00. The lowest BCUT2D eigenvalue weighted by Gasteiger charge is -2.40. The van der Waals surface area contributed by atoms with Crippen molar-refractivity contribution >= 4 is 23.6 Å². The molecule has 3 amide bonds. The molecule has 2 unspecified atom stereocenters. The van der Waals surface area contributed by atoms with Crippen LogP contribution in [-0.2, 0) is 4.79 Å². The van der Waals surface area contributed by atoms with Crippen LogP contribution in [0.4, 0.5) is 10.6 Å². The molecule has 4 rings (SSSR count). The van der Waals surface area contributed by atoms with E-state index in [-0.39, 0.29) is 11.9 Å². The molecule has 2 aliphatic heterocycles. The van der Waals surface area contributed by atoms with Crippen molar-refractivity contribution in [3.63, 3.8) is 0 Å². The normalized spacial score (nSPS) is 24.5. The molecule has 0 spiro atoms. The van der Waals surface area contributed by atoms with Crippen LogP contribution in [0.5, 0.6) is 0 Å². The second kappa shape index (κ2) is 9.02. The number of urea groups is 1. The fourth-order valence-corrected chi connectivity index (χ4v) is 4.57. The van der Waals surface area contributed by atoms with Crippen molar-refractivity contribution in [2.45, 2.75) is 77.0 Å². The van der Waals surface area contributed by atoms with Crippen molar-refractivity contribution in [3.05, 3.63) is 23.9 Å². The van der Waals surface area contributed by atoms with Gasteiger partial charge in [-0.2, -0.15) is 0 Å². The fourth-order valence-electron chi connectivity index (χ4n) is 4.57. The summed E-state index contributed by atoms with van der Waals surface area (Å²) in [6.07, 6.45) is 9.10. The smallest absolute Gasteiger partial charge is 0.328 e. The molecule has 2 N–H and O–H groups in total. The Balaban J connectivity index is 1.50. The minimum absolute atomic E-state index is 0.193. The summed E-state index contributed by atoms with van der Waals surface area (Å²) in [4.78, 5) is 38.1. The molecule has 1 saturated carbocycles. The van der Waals surface area contributed by atoms with E-state index in [0.29, 0.717) is 25.0 Å². The van der Waals surface area contributed by atoms with Gasteiger partial charge in [-0.15, -0.1) is 0 Å². The van der Waals surface area contributed by atoms with Gasteiger partial charge in [0.25, 0.3) is 5.91 Å². The van der Waals surface area contributed by atoms with Crippen molar-refractivity contribution in [1.29, 1.82) is 0 Å². The molecule has 2 fully saturated rings. The number of nitrogens with zero attached hydrogens (tertiary/aromatic N) is 4. The van der Waals surface area contributed by atoms with Gasteiger partial charge in [0, 0.05) is 30.9 Å². The summed E-state index contributed by atoms with van der Waals surface area (Å²) < 4.78 is 0. The van der Waals surface area contributed by atoms with Gasteiger partial charge in [0.1, 0.15) is 17.7 Å². The summed E-state index contributed by atoms with van der Waals surface area (Å²) in [7, 11) is 0. The van der Waals surface area contributed by atoms with E-state index in [1.807, 2.05) is 26.0 Å². The maximum absolute atomic E-state index is 12.9. The molecule has 0 bridgehead atoms. The molecule has 0 radical (unpaired) electrons. The Bertz CT molecular complexity index is 802. The fraction of sp³-hybridized carbons (Fsp3) is 0.636. The number of rotatable bonds is 7. The zero-order chi connectivity index (χ0) is 21.1. The summed E-state index contributed by atoms with van der Waals surface area (Å²) in [6.45, 7) is 5.00. The van der Waals surface area contributed by atoms with Crippen molar-refractivity contribution < 1.29 is 9.59 Å². The topological polar surface area (TPSA) is 89.9 Å². The number of imide groups is 1. The highest BCUT2D eigenvalue weighted by Gasteiger charge is 2.49. The molecule has 1 aliphatic carbocycles. The first-order chi connectivity index (χ1) is 14.6. The summed E-state index contributed by atoms with van der Waals surface area (Å²) in [5.41, 5.74) is 0.831. The van der Waals surface area contributed by atoms with E-state index in [9.17, 15) is 9.59 Å². The average molecular weight is 413 g/mol. The quantitative estimate of drug-likeness (QED) is 0.719. The van der Waals surface area contributed by atoms with E-state index >= 15 is 0 Å². The lowest BCUT2D eigenvalue weighted by Crippen LogP contribution is -2.65. The van der Waals surface area contributed by atoms with Crippen LogP contribution in [0.1, 0.15) is 64.4 Å². The van der Waals surface area contributed by atoms with Crippen molar-refractivity contribution in [3.8, 4) is 0 Å². The van der Waals surface area contributed by atoms with Crippen molar-refractivity contribution in [2.75, 3.05) is 18.4 Å². The molecule has 8 heteroatoms. The van der Waals surface area contributed by atoms with Crippen LogP contribution in [0.3, 0.4) is 0 Å². The largest absolute Gasteiger partial charge is 0.367 e. The highest BCUT2D eigenvalue weighted by molar-refractivity contribution is 6.08.